The Morgan fingerprint density at radius 3 is 2.62 bits per heavy atom. The van der Waals surface area contributed by atoms with Crippen LogP contribution in [0, 0.1) is 0 Å². The fourth-order valence-electron chi connectivity index (χ4n) is 3.90. The average Bonchev–Trinajstić information content (AvgIpc) is 3.11. The third kappa shape index (κ3) is 1.91. The van der Waals surface area contributed by atoms with Crippen LogP contribution in [0.5, 0.6) is 0 Å². The normalized spacial score (nSPS) is 18.7. The highest BCUT2D eigenvalue weighted by Gasteiger charge is 2.41. The van der Waals surface area contributed by atoms with Crippen LogP contribution in [0.1, 0.15) is 31.2 Å². The lowest BCUT2D eigenvalue weighted by Crippen LogP contribution is -2.24. The number of aryl methyl sites for hydroxylation is 1. The molecule has 1 aliphatic heterocycles. The Morgan fingerprint density at radius 1 is 1.10 bits per heavy atom. The summed E-state index contributed by atoms with van der Waals surface area (Å²) in [5.41, 5.74) is 5.29. The van der Waals surface area contributed by atoms with E-state index in [-0.39, 0.29) is 5.56 Å². The lowest BCUT2D eigenvalue weighted by atomic mass is 9.80. The molecule has 1 aromatic heterocycles. The summed E-state index contributed by atoms with van der Waals surface area (Å²) in [6, 6.07) is 10.3. The zero-order chi connectivity index (χ0) is 14.4. The number of anilines is 1. The maximum atomic E-state index is 11.8. The maximum absolute atomic E-state index is 11.8. The molecule has 1 N–H and O–H groups in total. The van der Waals surface area contributed by atoms with Gasteiger partial charge in [-0.25, -0.2) is 0 Å². The highest BCUT2D eigenvalue weighted by atomic mass is 16.1. The first kappa shape index (κ1) is 12.7. The molecule has 1 aliphatic carbocycles. The van der Waals surface area contributed by atoms with E-state index in [1.165, 1.54) is 36.9 Å². The van der Waals surface area contributed by atoms with Gasteiger partial charge in [0.25, 0.3) is 5.56 Å². The molecule has 4 rings (SSSR count). The van der Waals surface area contributed by atoms with Gasteiger partial charge in [0.15, 0.2) is 0 Å². The van der Waals surface area contributed by atoms with Gasteiger partial charge >= 0.3 is 0 Å². The number of hydrogen-bond donors (Lipinski definition) is 1. The second-order valence-electron chi connectivity index (χ2n) is 6.47. The van der Waals surface area contributed by atoms with E-state index in [1.54, 1.807) is 17.7 Å². The first-order chi connectivity index (χ1) is 10.2. The van der Waals surface area contributed by atoms with Crippen LogP contribution >= 0.6 is 0 Å². The van der Waals surface area contributed by atoms with E-state index in [4.69, 9.17) is 0 Å². The fraction of sp³-hybridized carbons (Fsp3) is 0.389. The third-order valence-corrected chi connectivity index (χ3v) is 5.21. The van der Waals surface area contributed by atoms with E-state index < -0.39 is 0 Å². The molecule has 2 aliphatic rings. The minimum atomic E-state index is 0.0432. The van der Waals surface area contributed by atoms with Gasteiger partial charge in [0.2, 0.25) is 0 Å². The van der Waals surface area contributed by atoms with Crippen molar-refractivity contribution in [3.05, 3.63) is 52.4 Å². The number of nitrogens with zero attached hydrogens (tertiary/aromatic N) is 1. The summed E-state index contributed by atoms with van der Waals surface area (Å²) in [7, 11) is 1.78. The minimum absolute atomic E-state index is 0.0432. The van der Waals surface area contributed by atoms with Crippen LogP contribution in [0.15, 0.2) is 41.3 Å². The van der Waals surface area contributed by atoms with Crippen molar-refractivity contribution in [3.63, 3.8) is 0 Å². The zero-order valence-corrected chi connectivity index (χ0v) is 12.4. The van der Waals surface area contributed by atoms with Crippen molar-refractivity contribution in [1.82, 2.24) is 4.57 Å². The van der Waals surface area contributed by atoms with Crippen molar-refractivity contribution in [2.45, 2.75) is 31.1 Å². The van der Waals surface area contributed by atoms with E-state index in [9.17, 15) is 4.79 Å². The molecule has 1 fully saturated rings. The van der Waals surface area contributed by atoms with Crippen LogP contribution in [0.25, 0.3) is 11.1 Å². The molecule has 1 aromatic carbocycles. The Kier molecular flexibility index (Phi) is 2.71. The van der Waals surface area contributed by atoms with Crippen molar-refractivity contribution in [2.24, 2.45) is 7.05 Å². The Morgan fingerprint density at radius 2 is 1.86 bits per heavy atom. The molecule has 108 valence electrons. The van der Waals surface area contributed by atoms with E-state index in [1.807, 2.05) is 12.3 Å². The summed E-state index contributed by atoms with van der Waals surface area (Å²) in [5.74, 6) is 0. The Hall–Kier alpha value is -2.03. The van der Waals surface area contributed by atoms with Crippen LogP contribution in [0.4, 0.5) is 5.69 Å². The van der Waals surface area contributed by atoms with Gasteiger partial charge in [-0.1, -0.05) is 18.9 Å². The van der Waals surface area contributed by atoms with E-state index in [0.717, 1.165) is 17.7 Å². The quantitative estimate of drug-likeness (QED) is 0.869. The summed E-state index contributed by atoms with van der Waals surface area (Å²) in [6.07, 6.45) is 7.07. The van der Waals surface area contributed by atoms with Crippen LogP contribution in [-0.4, -0.2) is 11.1 Å². The highest BCUT2D eigenvalue weighted by molar-refractivity contribution is 5.71. The van der Waals surface area contributed by atoms with Gasteiger partial charge in [-0.2, -0.15) is 0 Å². The largest absolute Gasteiger partial charge is 0.384 e. The number of rotatable bonds is 1. The molecular weight excluding hydrogens is 260 g/mol. The third-order valence-electron chi connectivity index (χ3n) is 5.21. The maximum Gasteiger partial charge on any atom is 0.250 e. The van der Waals surface area contributed by atoms with Gasteiger partial charge in [-0.3, -0.25) is 4.79 Å². The fourth-order valence-corrected chi connectivity index (χ4v) is 3.90. The topological polar surface area (TPSA) is 34.0 Å². The molecule has 0 amide bonds. The second-order valence-corrected chi connectivity index (χ2v) is 6.47. The molecule has 21 heavy (non-hydrogen) atoms. The number of fused-ring (bicyclic) bond motifs is 2. The smallest absolute Gasteiger partial charge is 0.250 e. The number of hydrogen-bond acceptors (Lipinski definition) is 2. The molecule has 1 spiro atoms. The first-order valence-corrected chi connectivity index (χ1v) is 7.73. The summed E-state index contributed by atoms with van der Waals surface area (Å²) in [5, 5.41) is 3.57. The average molecular weight is 280 g/mol. The first-order valence-electron chi connectivity index (χ1n) is 7.73. The molecule has 1 saturated carbocycles. The summed E-state index contributed by atoms with van der Waals surface area (Å²) in [6.45, 7) is 1.07. The van der Waals surface area contributed by atoms with Gasteiger partial charge in [0, 0.05) is 37.0 Å². The predicted octanol–water partition coefficient (Wildman–Crippen LogP) is 3.29. The summed E-state index contributed by atoms with van der Waals surface area (Å²) in [4.78, 5) is 11.8. The van der Waals surface area contributed by atoms with Crippen molar-refractivity contribution in [3.8, 4) is 11.1 Å². The zero-order valence-electron chi connectivity index (χ0n) is 12.4. The van der Waals surface area contributed by atoms with Crippen LogP contribution < -0.4 is 10.9 Å². The molecule has 3 nitrogen and oxygen atoms in total. The van der Waals surface area contributed by atoms with Gasteiger partial charge in [-0.05, 0) is 47.7 Å². The van der Waals surface area contributed by atoms with Crippen molar-refractivity contribution in [1.29, 1.82) is 0 Å². The van der Waals surface area contributed by atoms with Gasteiger partial charge in [0.1, 0.15) is 0 Å². The molecule has 0 atom stereocenters. The number of benzene rings is 1. The molecule has 0 saturated heterocycles. The summed E-state index contributed by atoms with van der Waals surface area (Å²) < 4.78 is 1.61. The van der Waals surface area contributed by atoms with Crippen molar-refractivity contribution >= 4 is 5.69 Å². The Bertz CT molecular complexity index is 754. The van der Waals surface area contributed by atoms with E-state index in [2.05, 4.69) is 23.5 Å². The molecule has 0 unspecified atom stereocenters. The molecular formula is C18H20N2O. The second kappa shape index (κ2) is 4.48. The molecule has 0 bridgehead atoms. The van der Waals surface area contributed by atoms with Crippen molar-refractivity contribution < 1.29 is 0 Å². The molecule has 0 radical (unpaired) electrons. The molecule has 2 aromatic rings. The molecule has 2 heterocycles. The Balaban J connectivity index is 1.82. The lowest BCUT2D eigenvalue weighted by Gasteiger charge is -2.23. The highest BCUT2D eigenvalue weighted by Crippen LogP contribution is 2.48. The predicted molar refractivity (Wildman–Crippen MR) is 85.8 cm³/mol. The number of aromatic nitrogens is 1. The standard InChI is InChI=1S/C18H20N2O/c1-20-9-6-14(11-17(20)21)13-4-5-16-15(10-13)18(12-19-16)7-2-3-8-18/h4-6,9-11,19H,2-3,7-8,12H2,1H3. The minimum Gasteiger partial charge on any atom is -0.384 e. The van der Waals surface area contributed by atoms with Gasteiger partial charge < -0.3 is 9.88 Å². The van der Waals surface area contributed by atoms with Gasteiger partial charge in [0.05, 0.1) is 0 Å². The number of pyridine rings is 1. The SMILES string of the molecule is Cn1ccc(-c2ccc3c(c2)C2(CCCC2)CN3)cc1=O. The molecule has 3 heteroatoms. The lowest BCUT2D eigenvalue weighted by molar-refractivity contribution is 0.489. The van der Waals surface area contributed by atoms with Crippen LogP contribution in [0.3, 0.4) is 0 Å². The van der Waals surface area contributed by atoms with E-state index >= 15 is 0 Å². The monoisotopic (exact) mass is 280 g/mol. The van der Waals surface area contributed by atoms with Crippen LogP contribution in [-0.2, 0) is 12.5 Å². The van der Waals surface area contributed by atoms with Gasteiger partial charge in [-0.15, -0.1) is 0 Å². The van der Waals surface area contributed by atoms with Crippen molar-refractivity contribution in [2.75, 3.05) is 11.9 Å². The van der Waals surface area contributed by atoms with E-state index in [0.29, 0.717) is 5.41 Å². The Labute approximate surface area is 124 Å². The summed E-state index contributed by atoms with van der Waals surface area (Å²) >= 11 is 0. The number of nitrogens with one attached hydrogen (secondary N) is 1. The van der Waals surface area contributed by atoms with Crippen LogP contribution in [0.2, 0.25) is 0 Å².